The van der Waals surface area contributed by atoms with E-state index in [4.69, 9.17) is 0 Å². The summed E-state index contributed by atoms with van der Waals surface area (Å²) in [5, 5.41) is 6.53. The molecule has 0 amide bonds. The lowest BCUT2D eigenvalue weighted by molar-refractivity contribution is -0.137. The van der Waals surface area contributed by atoms with Crippen molar-refractivity contribution in [1.82, 2.24) is 15.1 Å². The van der Waals surface area contributed by atoms with Crippen LogP contribution in [0.1, 0.15) is 18.5 Å². The normalized spacial score (nSPS) is 14.4. The fraction of sp³-hybridized carbons (Fsp3) is 0.625. The molecule has 80 valence electrons. The zero-order valence-electron chi connectivity index (χ0n) is 7.97. The van der Waals surface area contributed by atoms with Gasteiger partial charge in [0.25, 0.3) is 0 Å². The van der Waals surface area contributed by atoms with Crippen molar-refractivity contribution in [2.24, 2.45) is 0 Å². The second-order valence-electron chi connectivity index (χ2n) is 3.11. The van der Waals surface area contributed by atoms with Crippen LogP contribution in [0.3, 0.4) is 0 Å². The zero-order chi connectivity index (χ0) is 10.8. The summed E-state index contributed by atoms with van der Waals surface area (Å²) in [5.41, 5.74) is -0.708. The van der Waals surface area contributed by atoms with Crippen molar-refractivity contribution >= 4 is 0 Å². The molecule has 0 radical (unpaired) electrons. The van der Waals surface area contributed by atoms with E-state index in [1.165, 1.54) is 4.68 Å². The molecule has 1 atom stereocenters. The molecule has 0 aromatic carbocycles. The van der Waals surface area contributed by atoms with Crippen molar-refractivity contribution in [2.45, 2.75) is 19.1 Å². The van der Waals surface area contributed by atoms with Gasteiger partial charge < -0.3 is 5.32 Å². The molecule has 0 aliphatic carbocycles. The van der Waals surface area contributed by atoms with Gasteiger partial charge in [0.05, 0.1) is 17.8 Å². The molecule has 0 saturated carbocycles. The molecule has 0 saturated heterocycles. The first kappa shape index (κ1) is 11.0. The van der Waals surface area contributed by atoms with Gasteiger partial charge in [0.15, 0.2) is 0 Å². The van der Waals surface area contributed by atoms with Gasteiger partial charge in [0.2, 0.25) is 0 Å². The van der Waals surface area contributed by atoms with Crippen LogP contribution in [0.15, 0.2) is 12.4 Å². The molecule has 0 bridgehead atoms. The Morgan fingerprint density at radius 3 is 2.64 bits per heavy atom. The van der Waals surface area contributed by atoms with Gasteiger partial charge in [-0.05, 0) is 14.0 Å². The summed E-state index contributed by atoms with van der Waals surface area (Å²) in [6, 6.07) is -0.0869. The molecule has 1 N–H and O–H groups in total. The summed E-state index contributed by atoms with van der Waals surface area (Å²) < 4.78 is 37.8. The summed E-state index contributed by atoms with van der Waals surface area (Å²) >= 11 is 0. The number of hydrogen-bond acceptors (Lipinski definition) is 2. The first-order chi connectivity index (χ1) is 6.45. The molecule has 0 aliphatic rings. The maximum Gasteiger partial charge on any atom is 0.419 e. The van der Waals surface area contributed by atoms with Crippen LogP contribution in [0, 0.1) is 0 Å². The number of aromatic nitrogens is 2. The number of nitrogens with one attached hydrogen (secondary N) is 1. The molecule has 14 heavy (non-hydrogen) atoms. The highest BCUT2D eigenvalue weighted by atomic mass is 19.4. The van der Waals surface area contributed by atoms with E-state index < -0.39 is 11.7 Å². The van der Waals surface area contributed by atoms with Crippen LogP contribution in [-0.4, -0.2) is 23.4 Å². The van der Waals surface area contributed by atoms with Gasteiger partial charge in [-0.2, -0.15) is 18.3 Å². The highest BCUT2D eigenvalue weighted by Gasteiger charge is 2.32. The summed E-state index contributed by atoms with van der Waals surface area (Å²) in [5.74, 6) is 0. The molecule has 1 unspecified atom stereocenters. The fourth-order valence-electron chi connectivity index (χ4n) is 1.11. The van der Waals surface area contributed by atoms with E-state index in [9.17, 15) is 13.2 Å². The Morgan fingerprint density at radius 1 is 1.57 bits per heavy atom. The van der Waals surface area contributed by atoms with Gasteiger partial charge in [-0.3, -0.25) is 4.68 Å². The predicted molar refractivity (Wildman–Crippen MR) is 45.9 cm³/mol. The highest BCUT2D eigenvalue weighted by molar-refractivity contribution is 5.08. The molecule has 1 rings (SSSR count). The van der Waals surface area contributed by atoms with Gasteiger partial charge in [-0.1, -0.05) is 0 Å². The van der Waals surface area contributed by atoms with Crippen molar-refractivity contribution in [3.8, 4) is 0 Å². The van der Waals surface area contributed by atoms with E-state index >= 15 is 0 Å². The van der Waals surface area contributed by atoms with Crippen LogP contribution in [0.4, 0.5) is 13.2 Å². The molecule has 0 spiro atoms. The third-order valence-electron chi connectivity index (χ3n) is 1.88. The smallest absolute Gasteiger partial charge is 0.318 e. The maximum absolute atomic E-state index is 12.2. The molecule has 0 aliphatic heterocycles. The largest absolute Gasteiger partial charge is 0.419 e. The minimum Gasteiger partial charge on any atom is -0.318 e. The minimum atomic E-state index is -4.31. The summed E-state index contributed by atoms with van der Waals surface area (Å²) in [6.45, 7) is 2.38. The number of alkyl halides is 3. The average molecular weight is 207 g/mol. The molecule has 3 nitrogen and oxygen atoms in total. The first-order valence-electron chi connectivity index (χ1n) is 4.21. The average Bonchev–Trinajstić information content (AvgIpc) is 2.51. The summed E-state index contributed by atoms with van der Waals surface area (Å²) in [7, 11) is 1.74. The Labute approximate surface area is 79.9 Å². The van der Waals surface area contributed by atoms with Crippen molar-refractivity contribution in [3.63, 3.8) is 0 Å². The van der Waals surface area contributed by atoms with Crippen LogP contribution in [0.5, 0.6) is 0 Å². The number of hydrogen-bond donors (Lipinski definition) is 1. The van der Waals surface area contributed by atoms with Crippen molar-refractivity contribution < 1.29 is 13.2 Å². The predicted octanol–water partition coefficient (Wildman–Crippen LogP) is 1.68. The van der Waals surface area contributed by atoms with Crippen molar-refractivity contribution in [2.75, 3.05) is 13.6 Å². The standard InChI is InChI=1S/C8H12F3N3/c1-6(3-12-2)14-5-7(4-13-14)8(9,10)11/h4-6,12H,3H2,1-2H3. The van der Waals surface area contributed by atoms with Gasteiger partial charge in [-0.15, -0.1) is 0 Å². The van der Waals surface area contributed by atoms with E-state index in [0.29, 0.717) is 6.54 Å². The topological polar surface area (TPSA) is 29.9 Å². The third-order valence-corrected chi connectivity index (χ3v) is 1.88. The fourth-order valence-corrected chi connectivity index (χ4v) is 1.11. The monoisotopic (exact) mass is 207 g/mol. The zero-order valence-corrected chi connectivity index (χ0v) is 7.97. The molecule has 1 heterocycles. The molecular formula is C8H12F3N3. The van der Waals surface area contributed by atoms with E-state index in [1.807, 2.05) is 0 Å². The Morgan fingerprint density at radius 2 is 2.21 bits per heavy atom. The van der Waals surface area contributed by atoms with Crippen LogP contribution >= 0.6 is 0 Å². The van der Waals surface area contributed by atoms with Crippen LogP contribution in [-0.2, 0) is 6.18 Å². The summed E-state index contributed by atoms with van der Waals surface area (Å²) in [6.07, 6.45) is -2.45. The van der Waals surface area contributed by atoms with E-state index in [-0.39, 0.29) is 6.04 Å². The Bertz CT molecular complexity index is 292. The quantitative estimate of drug-likeness (QED) is 0.817. The van der Waals surface area contributed by atoms with Gasteiger partial charge in [0.1, 0.15) is 0 Å². The van der Waals surface area contributed by atoms with Crippen LogP contribution in [0.2, 0.25) is 0 Å². The van der Waals surface area contributed by atoms with Crippen molar-refractivity contribution in [3.05, 3.63) is 18.0 Å². The van der Waals surface area contributed by atoms with Gasteiger partial charge in [-0.25, -0.2) is 0 Å². The van der Waals surface area contributed by atoms with Gasteiger partial charge in [0, 0.05) is 12.7 Å². The number of nitrogens with zero attached hydrogens (tertiary/aromatic N) is 2. The minimum absolute atomic E-state index is 0.0869. The molecule has 6 heteroatoms. The molecule has 1 aromatic heterocycles. The SMILES string of the molecule is CNCC(C)n1cc(C(F)(F)F)cn1. The lowest BCUT2D eigenvalue weighted by Crippen LogP contribution is -2.20. The third kappa shape index (κ3) is 2.47. The number of halogens is 3. The summed E-state index contributed by atoms with van der Waals surface area (Å²) in [4.78, 5) is 0. The van der Waals surface area contributed by atoms with Crippen LogP contribution < -0.4 is 5.32 Å². The van der Waals surface area contributed by atoms with E-state index in [1.54, 1.807) is 14.0 Å². The lowest BCUT2D eigenvalue weighted by atomic mass is 10.3. The highest BCUT2D eigenvalue weighted by Crippen LogP contribution is 2.28. The lowest BCUT2D eigenvalue weighted by Gasteiger charge is -2.10. The van der Waals surface area contributed by atoms with E-state index in [0.717, 1.165) is 12.4 Å². The molecular weight excluding hydrogens is 195 g/mol. The Kier molecular flexibility index (Phi) is 3.15. The first-order valence-corrected chi connectivity index (χ1v) is 4.21. The molecule has 1 aromatic rings. The number of rotatable bonds is 3. The second kappa shape index (κ2) is 4.00. The Hall–Kier alpha value is -1.04. The van der Waals surface area contributed by atoms with Gasteiger partial charge >= 0.3 is 6.18 Å². The maximum atomic E-state index is 12.2. The van der Waals surface area contributed by atoms with E-state index in [2.05, 4.69) is 10.4 Å². The number of likely N-dealkylation sites (N-methyl/N-ethyl adjacent to an activating group) is 1. The molecule has 0 fully saturated rings. The van der Waals surface area contributed by atoms with Crippen molar-refractivity contribution in [1.29, 1.82) is 0 Å². The van der Waals surface area contributed by atoms with Crippen LogP contribution in [0.25, 0.3) is 0 Å². The Balaban J connectivity index is 2.78. The second-order valence-corrected chi connectivity index (χ2v) is 3.11.